The monoisotopic (exact) mass is 437 g/mol. The van der Waals surface area contributed by atoms with Gasteiger partial charge in [0.1, 0.15) is 17.6 Å². The molecule has 0 atom stereocenters. The summed E-state index contributed by atoms with van der Waals surface area (Å²) in [7, 11) is 1.68. The molecule has 0 unspecified atom stereocenters. The Hall–Kier alpha value is -2.89. The zero-order chi connectivity index (χ0) is 22.5. The maximum atomic E-state index is 12.8. The second kappa shape index (κ2) is 10.2. The fourth-order valence-electron chi connectivity index (χ4n) is 4.53. The van der Waals surface area contributed by atoms with Gasteiger partial charge in [0.05, 0.1) is 7.11 Å². The highest BCUT2D eigenvalue weighted by Gasteiger charge is 2.27. The molecule has 1 N–H and O–H groups in total. The molecular weight excluding hydrogens is 402 g/mol. The summed E-state index contributed by atoms with van der Waals surface area (Å²) in [6, 6.07) is 14.8. The third-order valence-corrected chi connectivity index (χ3v) is 6.63. The molecular formula is C26H35N3O3. The van der Waals surface area contributed by atoms with E-state index in [1.807, 2.05) is 17.0 Å². The van der Waals surface area contributed by atoms with Gasteiger partial charge in [-0.25, -0.2) is 4.79 Å². The number of carbonyl (C=O) groups excluding carboxylic acids is 1. The van der Waals surface area contributed by atoms with E-state index in [9.17, 15) is 4.79 Å². The van der Waals surface area contributed by atoms with E-state index in [0.29, 0.717) is 0 Å². The number of hydrogen-bond acceptors (Lipinski definition) is 4. The van der Waals surface area contributed by atoms with Gasteiger partial charge in [0.15, 0.2) is 0 Å². The van der Waals surface area contributed by atoms with E-state index < -0.39 is 0 Å². The van der Waals surface area contributed by atoms with Gasteiger partial charge in [-0.2, -0.15) is 0 Å². The van der Waals surface area contributed by atoms with Crippen LogP contribution in [0.4, 0.5) is 10.5 Å². The second-order valence-electron chi connectivity index (χ2n) is 8.98. The third kappa shape index (κ3) is 5.47. The van der Waals surface area contributed by atoms with Crippen molar-refractivity contribution < 1.29 is 14.3 Å². The lowest BCUT2D eigenvalue weighted by atomic mass is 10.0. The van der Waals surface area contributed by atoms with Crippen molar-refractivity contribution in [3.8, 4) is 11.5 Å². The molecule has 2 aromatic rings. The number of carbonyl (C=O) groups is 1. The lowest BCUT2D eigenvalue weighted by Crippen LogP contribution is -2.51. The number of rotatable bonds is 5. The number of piperidine rings is 2. The van der Waals surface area contributed by atoms with Gasteiger partial charge in [0, 0.05) is 50.7 Å². The Bertz CT molecular complexity index is 899. The Labute approximate surface area is 191 Å². The molecule has 4 rings (SSSR count). The predicted octanol–water partition coefficient (Wildman–Crippen LogP) is 4.53. The van der Waals surface area contributed by atoms with Crippen LogP contribution in [0.15, 0.2) is 42.5 Å². The molecule has 172 valence electrons. The topological polar surface area (TPSA) is 54.0 Å². The Morgan fingerprint density at radius 1 is 0.938 bits per heavy atom. The lowest BCUT2D eigenvalue weighted by Gasteiger charge is -2.36. The molecule has 2 fully saturated rings. The van der Waals surface area contributed by atoms with Crippen LogP contribution < -0.4 is 19.7 Å². The molecule has 6 nitrogen and oxygen atoms in total. The van der Waals surface area contributed by atoms with Gasteiger partial charge in [-0.15, -0.1) is 0 Å². The number of aryl methyl sites for hydroxylation is 2. The minimum atomic E-state index is 0.0677. The first-order valence-electron chi connectivity index (χ1n) is 11.7. The van der Waals surface area contributed by atoms with Crippen molar-refractivity contribution in [3.63, 3.8) is 0 Å². The smallest absolute Gasteiger partial charge is 0.317 e. The normalized spacial score (nSPS) is 17.8. The average molecular weight is 438 g/mol. The largest absolute Gasteiger partial charge is 0.497 e. The van der Waals surface area contributed by atoms with Crippen molar-refractivity contribution >= 4 is 11.7 Å². The highest BCUT2D eigenvalue weighted by Crippen LogP contribution is 2.25. The summed E-state index contributed by atoms with van der Waals surface area (Å²) in [4.78, 5) is 17.1. The van der Waals surface area contributed by atoms with Crippen molar-refractivity contribution in [1.82, 2.24) is 10.2 Å². The number of anilines is 1. The Morgan fingerprint density at radius 3 is 2.28 bits per heavy atom. The Morgan fingerprint density at radius 2 is 1.62 bits per heavy atom. The molecule has 2 aliphatic heterocycles. The van der Waals surface area contributed by atoms with E-state index in [-0.39, 0.29) is 18.2 Å². The van der Waals surface area contributed by atoms with Crippen LogP contribution >= 0.6 is 0 Å². The number of nitrogens with zero attached hydrogens (tertiary/aromatic N) is 2. The predicted molar refractivity (Wildman–Crippen MR) is 128 cm³/mol. The van der Waals surface area contributed by atoms with Crippen molar-refractivity contribution in [3.05, 3.63) is 53.6 Å². The van der Waals surface area contributed by atoms with Crippen molar-refractivity contribution in [2.24, 2.45) is 0 Å². The molecule has 32 heavy (non-hydrogen) atoms. The standard InChI is InChI=1S/C26H35N3O3/c1-19-4-5-20(2)25(18-19)32-24-12-16-29(17-13-24)26(30)27-21-10-14-28(15-11-21)22-6-8-23(31-3)9-7-22/h4-9,18,21,24H,10-17H2,1-3H3,(H,27,30). The minimum absolute atomic E-state index is 0.0677. The van der Waals surface area contributed by atoms with Crippen LogP contribution in [0.2, 0.25) is 0 Å². The second-order valence-corrected chi connectivity index (χ2v) is 8.98. The Kier molecular flexibility index (Phi) is 7.08. The van der Waals surface area contributed by atoms with E-state index in [1.165, 1.54) is 11.3 Å². The third-order valence-electron chi connectivity index (χ3n) is 6.63. The van der Waals surface area contributed by atoms with Crippen LogP contribution in [-0.4, -0.2) is 56.4 Å². The summed E-state index contributed by atoms with van der Waals surface area (Å²) in [6.45, 7) is 7.54. The van der Waals surface area contributed by atoms with E-state index in [4.69, 9.17) is 9.47 Å². The molecule has 2 saturated heterocycles. The summed E-state index contributed by atoms with van der Waals surface area (Å²) < 4.78 is 11.5. The van der Waals surface area contributed by atoms with E-state index in [0.717, 1.165) is 68.9 Å². The Balaban J connectivity index is 1.20. The number of methoxy groups -OCH3 is 1. The summed E-state index contributed by atoms with van der Waals surface area (Å²) in [5.41, 5.74) is 3.58. The molecule has 2 aromatic carbocycles. The lowest BCUT2D eigenvalue weighted by molar-refractivity contribution is 0.109. The molecule has 2 heterocycles. The van der Waals surface area contributed by atoms with Gasteiger partial charge >= 0.3 is 6.03 Å². The highest BCUT2D eigenvalue weighted by molar-refractivity contribution is 5.74. The van der Waals surface area contributed by atoms with Crippen LogP contribution in [0.25, 0.3) is 0 Å². The molecule has 0 spiro atoms. The zero-order valence-corrected chi connectivity index (χ0v) is 19.5. The molecule has 0 saturated carbocycles. The average Bonchev–Trinajstić information content (AvgIpc) is 2.82. The maximum absolute atomic E-state index is 12.8. The number of nitrogens with one attached hydrogen (secondary N) is 1. The van der Waals surface area contributed by atoms with Crippen molar-refractivity contribution in [2.45, 2.75) is 51.7 Å². The molecule has 0 radical (unpaired) electrons. The van der Waals surface area contributed by atoms with Crippen molar-refractivity contribution in [2.75, 3.05) is 38.2 Å². The van der Waals surface area contributed by atoms with E-state index in [2.05, 4.69) is 54.4 Å². The van der Waals surface area contributed by atoms with Gasteiger partial charge in [-0.1, -0.05) is 12.1 Å². The summed E-state index contributed by atoms with van der Waals surface area (Å²) in [5.74, 6) is 1.84. The van der Waals surface area contributed by atoms with Crippen molar-refractivity contribution in [1.29, 1.82) is 0 Å². The first kappa shape index (κ1) is 22.3. The number of urea groups is 1. The maximum Gasteiger partial charge on any atom is 0.317 e. The highest BCUT2D eigenvalue weighted by atomic mass is 16.5. The molecule has 0 bridgehead atoms. The van der Waals surface area contributed by atoms with Crippen LogP contribution in [0.1, 0.15) is 36.8 Å². The van der Waals surface area contributed by atoms with Crippen LogP contribution in [0.3, 0.4) is 0 Å². The van der Waals surface area contributed by atoms with Gasteiger partial charge in [0.2, 0.25) is 0 Å². The number of ether oxygens (including phenoxy) is 2. The van der Waals surface area contributed by atoms with E-state index in [1.54, 1.807) is 7.11 Å². The van der Waals surface area contributed by atoms with Crippen LogP contribution in [0.5, 0.6) is 11.5 Å². The molecule has 6 heteroatoms. The fourth-order valence-corrected chi connectivity index (χ4v) is 4.53. The van der Waals surface area contributed by atoms with Gasteiger partial charge in [-0.3, -0.25) is 0 Å². The summed E-state index contributed by atoms with van der Waals surface area (Å²) in [5, 5.41) is 3.26. The van der Waals surface area contributed by atoms with Crippen LogP contribution in [0, 0.1) is 13.8 Å². The van der Waals surface area contributed by atoms with Crippen LogP contribution in [-0.2, 0) is 0 Å². The van der Waals surface area contributed by atoms with Gasteiger partial charge in [-0.05, 0) is 68.1 Å². The SMILES string of the molecule is COc1ccc(N2CCC(NC(=O)N3CCC(Oc4cc(C)ccc4C)CC3)CC2)cc1. The fraction of sp³-hybridized carbons (Fsp3) is 0.500. The van der Waals surface area contributed by atoms with E-state index >= 15 is 0 Å². The molecule has 2 aliphatic rings. The summed E-state index contributed by atoms with van der Waals surface area (Å²) >= 11 is 0. The minimum Gasteiger partial charge on any atom is -0.497 e. The van der Waals surface area contributed by atoms with Gasteiger partial charge < -0.3 is 24.6 Å². The number of amides is 2. The summed E-state index contributed by atoms with van der Waals surface area (Å²) in [6.07, 6.45) is 3.84. The number of likely N-dealkylation sites (tertiary alicyclic amines) is 1. The zero-order valence-electron chi connectivity index (χ0n) is 19.5. The first-order valence-corrected chi connectivity index (χ1v) is 11.7. The molecule has 2 amide bonds. The number of benzene rings is 2. The molecule has 0 aliphatic carbocycles. The first-order chi connectivity index (χ1) is 15.5. The van der Waals surface area contributed by atoms with Gasteiger partial charge in [0.25, 0.3) is 0 Å². The molecule has 0 aromatic heterocycles. The quantitative estimate of drug-likeness (QED) is 0.747. The number of hydrogen-bond donors (Lipinski definition) is 1.